The summed E-state index contributed by atoms with van der Waals surface area (Å²) in [5, 5.41) is 2.89. The normalized spacial score (nSPS) is 10.5. The lowest BCUT2D eigenvalue weighted by molar-refractivity contribution is 0.102. The number of aryl methyl sites for hydroxylation is 1. The van der Waals surface area contributed by atoms with Crippen LogP contribution in [0.15, 0.2) is 42.6 Å². The number of ether oxygens (including phenoxy) is 1. The summed E-state index contributed by atoms with van der Waals surface area (Å²) in [6.45, 7) is 5.24. The highest BCUT2D eigenvalue weighted by molar-refractivity contribution is 6.04. The summed E-state index contributed by atoms with van der Waals surface area (Å²) >= 11 is 0. The maximum absolute atomic E-state index is 12.2. The minimum absolute atomic E-state index is 0.151. The minimum Gasteiger partial charge on any atom is -0.375 e. The molecule has 1 N–H and O–H groups in total. The van der Waals surface area contributed by atoms with E-state index in [1.54, 1.807) is 12.3 Å². The topological polar surface area (TPSA) is 51.2 Å². The average molecular weight is 312 g/mol. The summed E-state index contributed by atoms with van der Waals surface area (Å²) in [6, 6.07) is 11.6. The molecule has 0 radical (unpaired) electrons. The van der Waals surface area contributed by atoms with Gasteiger partial charge in [-0.1, -0.05) is 25.5 Å². The van der Waals surface area contributed by atoms with Crippen LogP contribution in [-0.4, -0.2) is 17.5 Å². The van der Waals surface area contributed by atoms with Gasteiger partial charge in [-0.2, -0.15) is 0 Å². The molecule has 23 heavy (non-hydrogen) atoms. The van der Waals surface area contributed by atoms with E-state index >= 15 is 0 Å². The van der Waals surface area contributed by atoms with Gasteiger partial charge in [-0.3, -0.25) is 9.78 Å². The van der Waals surface area contributed by atoms with Crippen LogP contribution < -0.4 is 5.32 Å². The van der Waals surface area contributed by atoms with Gasteiger partial charge >= 0.3 is 0 Å². The number of rotatable bonds is 8. The molecule has 0 aliphatic heterocycles. The van der Waals surface area contributed by atoms with Gasteiger partial charge in [0, 0.05) is 18.5 Å². The number of unbranched alkanes of at least 4 members (excludes halogenated alkanes) is 1. The molecule has 4 heteroatoms. The van der Waals surface area contributed by atoms with Crippen LogP contribution in [0.3, 0.4) is 0 Å². The number of carbonyl (C=O) groups excluding carboxylic acids is 1. The van der Waals surface area contributed by atoms with Gasteiger partial charge in [-0.25, -0.2) is 0 Å². The lowest BCUT2D eigenvalue weighted by Crippen LogP contribution is -2.12. The maximum Gasteiger partial charge on any atom is 0.257 e. The standard InChI is InChI=1S/C19H24N2O2/c1-3-5-6-15-7-10-17(11-8-15)21-19(22)16-9-12-18(20-13-16)14-23-4-2/h7-13H,3-6,14H2,1-2H3,(H,21,22). The Kier molecular flexibility index (Phi) is 6.76. The molecule has 2 rings (SSSR count). The quantitative estimate of drug-likeness (QED) is 0.794. The van der Waals surface area contributed by atoms with Gasteiger partial charge in [0.05, 0.1) is 17.9 Å². The third-order valence-electron chi connectivity index (χ3n) is 3.57. The second-order valence-electron chi connectivity index (χ2n) is 5.43. The third kappa shape index (κ3) is 5.49. The molecule has 0 aliphatic rings. The summed E-state index contributed by atoms with van der Waals surface area (Å²) < 4.78 is 5.29. The van der Waals surface area contributed by atoms with Crippen molar-refractivity contribution in [3.8, 4) is 0 Å². The fourth-order valence-electron chi connectivity index (χ4n) is 2.19. The summed E-state index contributed by atoms with van der Waals surface area (Å²) in [5.41, 5.74) is 3.46. The highest BCUT2D eigenvalue weighted by Crippen LogP contribution is 2.13. The Balaban J connectivity index is 1.93. The van der Waals surface area contributed by atoms with E-state index in [-0.39, 0.29) is 5.91 Å². The highest BCUT2D eigenvalue weighted by atomic mass is 16.5. The smallest absolute Gasteiger partial charge is 0.257 e. The van der Waals surface area contributed by atoms with E-state index in [4.69, 9.17) is 4.74 Å². The van der Waals surface area contributed by atoms with Crippen LogP contribution >= 0.6 is 0 Å². The Hall–Kier alpha value is -2.20. The molecule has 1 aromatic carbocycles. The second-order valence-corrected chi connectivity index (χ2v) is 5.43. The van der Waals surface area contributed by atoms with Crippen molar-refractivity contribution in [2.24, 2.45) is 0 Å². The molecule has 122 valence electrons. The van der Waals surface area contributed by atoms with Crippen LogP contribution in [0.4, 0.5) is 5.69 Å². The van der Waals surface area contributed by atoms with E-state index in [1.165, 1.54) is 18.4 Å². The molecule has 0 saturated carbocycles. The Labute approximate surface area is 137 Å². The predicted molar refractivity (Wildman–Crippen MR) is 92.6 cm³/mol. The molecule has 0 aliphatic carbocycles. The largest absolute Gasteiger partial charge is 0.375 e. The van der Waals surface area contributed by atoms with Crippen LogP contribution in [0.2, 0.25) is 0 Å². The zero-order valence-corrected chi connectivity index (χ0v) is 13.8. The minimum atomic E-state index is -0.151. The van der Waals surface area contributed by atoms with E-state index in [9.17, 15) is 4.79 Å². The molecular formula is C19H24N2O2. The molecule has 1 amide bonds. The predicted octanol–water partition coefficient (Wildman–Crippen LogP) is 4.21. The Morgan fingerprint density at radius 3 is 2.52 bits per heavy atom. The fraction of sp³-hybridized carbons (Fsp3) is 0.368. The first-order chi connectivity index (χ1) is 11.2. The number of benzene rings is 1. The molecule has 2 aromatic rings. The number of amides is 1. The Morgan fingerprint density at radius 2 is 1.91 bits per heavy atom. The van der Waals surface area contributed by atoms with Crippen LogP contribution in [-0.2, 0) is 17.8 Å². The highest BCUT2D eigenvalue weighted by Gasteiger charge is 2.07. The van der Waals surface area contributed by atoms with Crippen molar-refractivity contribution < 1.29 is 9.53 Å². The molecule has 0 atom stereocenters. The lowest BCUT2D eigenvalue weighted by atomic mass is 10.1. The molecule has 0 saturated heterocycles. The first kappa shape index (κ1) is 17.2. The summed E-state index contributed by atoms with van der Waals surface area (Å²) in [6.07, 6.45) is 5.03. The first-order valence-electron chi connectivity index (χ1n) is 8.16. The molecule has 1 aromatic heterocycles. The van der Waals surface area contributed by atoms with Crippen molar-refractivity contribution in [2.45, 2.75) is 39.7 Å². The van der Waals surface area contributed by atoms with Gasteiger partial charge < -0.3 is 10.1 Å². The Bertz CT molecular complexity index is 606. The van der Waals surface area contributed by atoms with Crippen LogP contribution in [0.25, 0.3) is 0 Å². The summed E-state index contributed by atoms with van der Waals surface area (Å²) in [5.74, 6) is -0.151. The zero-order valence-electron chi connectivity index (χ0n) is 13.8. The van der Waals surface area contributed by atoms with Gasteiger partial charge in [-0.15, -0.1) is 0 Å². The van der Waals surface area contributed by atoms with Gasteiger partial charge in [0.2, 0.25) is 0 Å². The molecule has 4 nitrogen and oxygen atoms in total. The van der Waals surface area contributed by atoms with Gasteiger partial charge in [0.1, 0.15) is 0 Å². The number of pyridine rings is 1. The van der Waals surface area contributed by atoms with Crippen molar-refractivity contribution >= 4 is 11.6 Å². The fourth-order valence-corrected chi connectivity index (χ4v) is 2.19. The van der Waals surface area contributed by atoms with Crippen molar-refractivity contribution in [2.75, 3.05) is 11.9 Å². The number of aromatic nitrogens is 1. The molecule has 0 unspecified atom stereocenters. The third-order valence-corrected chi connectivity index (χ3v) is 3.57. The molecular weight excluding hydrogens is 288 g/mol. The number of carbonyl (C=O) groups is 1. The van der Waals surface area contributed by atoms with Crippen molar-refractivity contribution in [3.05, 3.63) is 59.4 Å². The van der Waals surface area contributed by atoms with E-state index in [0.29, 0.717) is 18.8 Å². The van der Waals surface area contributed by atoms with E-state index in [0.717, 1.165) is 17.8 Å². The molecule has 0 spiro atoms. The van der Waals surface area contributed by atoms with Crippen molar-refractivity contribution in [1.82, 2.24) is 4.98 Å². The monoisotopic (exact) mass is 312 g/mol. The Morgan fingerprint density at radius 1 is 1.13 bits per heavy atom. The lowest BCUT2D eigenvalue weighted by Gasteiger charge is -2.07. The summed E-state index contributed by atoms with van der Waals surface area (Å²) in [4.78, 5) is 16.5. The van der Waals surface area contributed by atoms with Crippen molar-refractivity contribution in [3.63, 3.8) is 0 Å². The van der Waals surface area contributed by atoms with Gasteiger partial charge in [0.25, 0.3) is 5.91 Å². The molecule has 1 heterocycles. The number of anilines is 1. The van der Waals surface area contributed by atoms with E-state index < -0.39 is 0 Å². The second kappa shape index (κ2) is 9.06. The summed E-state index contributed by atoms with van der Waals surface area (Å²) in [7, 11) is 0. The number of nitrogens with zero attached hydrogens (tertiary/aromatic N) is 1. The number of hydrogen-bond donors (Lipinski definition) is 1. The van der Waals surface area contributed by atoms with E-state index in [2.05, 4.69) is 29.4 Å². The SMILES string of the molecule is CCCCc1ccc(NC(=O)c2ccc(COCC)nc2)cc1. The van der Waals surface area contributed by atoms with Gasteiger partial charge in [0.15, 0.2) is 0 Å². The number of hydrogen-bond acceptors (Lipinski definition) is 3. The average Bonchev–Trinajstić information content (AvgIpc) is 2.59. The van der Waals surface area contributed by atoms with Crippen molar-refractivity contribution in [1.29, 1.82) is 0 Å². The maximum atomic E-state index is 12.2. The molecule has 0 bridgehead atoms. The first-order valence-corrected chi connectivity index (χ1v) is 8.16. The number of nitrogens with one attached hydrogen (secondary N) is 1. The van der Waals surface area contributed by atoms with E-state index in [1.807, 2.05) is 25.1 Å². The van der Waals surface area contributed by atoms with Gasteiger partial charge in [-0.05, 0) is 49.6 Å². The zero-order chi connectivity index (χ0) is 16.5. The van der Waals surface area contributed by atoms with Crippen LogP contribution in [0.5, 0.6) is 0 Å². The molecule has 0 fully saturated rings. The van der Waals surface area contributed by atoms with Crippen LogP contribution in [0, 0.1) is 0 Å². The van der Waals surface area contributed by atoms with Crippen LogP contribution in [0.1, 0.15) is 48.3 Å².